The van der Waals surface area contributed by atoms with Gasteiger partial charge in [0.1, 0.15) is 6.07 Å². The largest absolute Gasteiger partial charge is 0.382 e. The van der Waals surface area contributed by atoms with Crippen molar-refractivity contribution in [3.05, 3.63) is 63.1 Å². The van der Waals surface area contributed by atoms with Crippen LogP contribution in [-0.2, 0) is 0 Å². The first-order valence-corrected chi connectivity index (χ1v) is 8.04. The molecule has 106 valence electrons. The summed E-state index contributed by atoms with van der Waals surface area (Å²) in [7, 11) is 0. The van der Waals surface area contributed by atoms with E-state index in [1.807, 2.05) is 12.1 Å². The summed E-state index contributed by atoms with van der Waals surface area (Å²) in [6.07, 6.45) is 2.22. The number of nitrogens with one attached hydrogen (secondary N) is 1. The molecule has 0 heterocycles. The smallest absolute Gasteiger partial charge is 0.101 e. The Morgan fingerprint density at radius 2 is 2.00 bits per heavy atom. The average molecular weight is 362 g/mol. The number of halogens is 2. The number of benzene rings is 2. The first kappa shape index (κ1) is 14.4. The average Bonchev–Trinajstić information content (AvgIpc) is 2.44. The van der Waals surface area contributed by atoms with Crippen molar-refractivity contribution in [2.24, 2.45) is 0 Å². The van der Waals surface area contributed by atoms with Crippen molar-refractivity contribution in [1.29, 1.82) is 5.26 Å². The van der Waals surface area contributed by atoms with Gasteiger partial charge in [-0.2, -0.15) is 5.26 Å². The van der Waals surface area contributed by atoms with Crippen LogP contribution in [-0.4, -0.2) is 6.04 Å². The van der Waals surface area contributed by atoms with E-state index in [9.17, 15) is 0 Å². The monoisotopic (exact) mass is 360 g/mol. The maximum Gasteiger partial charge on any atom is 0.101 e. The molecule has 0 radical (unpaired) electrons. The van der Waals surface area contributed by atoms with E-state index in [-0.39, 0.29) is 0 Å². The van der Waals surface area contributed by atoms with E-state index in [1.54, 1.807) is 6.07 Å². The van der Waals surface area contributed by atoms with Gasteiger partial charge in [-0.15, -0.1) is 0 Å². The topological polar surface area (TPSA) is 35.8 Å². The molecule has 0 atom stereocenters. The molecule has 4 heteroatoms. The van der Waals surface area contributed by atoms with Gasteiger partial charge in [0.05, 0.1) is 10.6 Å². The lowest BCUT2D eigenvalue weighted by Crippen LogP contribution is -2.34. The van der Waals surface area contributed by atoms with E-state index < -0.39 is 0 Å². The molecule has 1 aliphatic rings. The molecule has 2 aromatic carbocycles. The lowest BCUT2D eigenvalue weighted by molar-refractivity contribution is 0.374. The minimum atomic E-state index is 0.460. The zero-order valence-corrected chi connectivity index (χ0v) is 13.7. The maximum atomic E-state index is 9.00. The molecule has 21 heavy (non-hydrogen) atoms. The van der Waals surface area contributed by atoms with Crippen LogP contribution in [0.1, 0.15) is 29.9 Å². The Hall–Kier alpha value is -1.50. The van der Waals surface area contributed by atoms with Crippen LogP contribution in [0.2, 0.25) is 5.02 Å². The van der Waals surface area contributed by atoms with Gasteiger partial charge in [0.2, 0.25) is 0 Å². The van der Waals surface area contributed by atoms with Crippen LogP contribution in [0, 0.1) is 11.3 Å². The first-order valence-electron chi connectivity index (χ1n) is 6.87. The molecule has 1 N–H and O–H groups in total. The normalized spacial score (nSPS) is 20.4. The lowest BCUT2D eigenvalue weighted by atomic mass is 9.76. The van der Waals surface area contributed by atoms with Crippen LogP contribution in [0.5, 0.6) is 0 Å². The summed E-state index contributed by atoms with van der Waals surface area (Å²) >= 11 is 9.46. The molecule has 2 nitrogen and oxygen atoms in total. The van der Waals surface area contributed by atoms with Crippen molar-refractivity contribution in [1.82, 2.24) is 0 Å². The minimum absolute atomic E-state index is 0.460. The summed E-state index contributed by atoms with van der Waals surface area (Å²) in [5.41, 5.74) is 2.87. The summed E-state index contributed by atoms with van der Waals surface area (Å²) in [4.78, 5) is 0. The lowest BCUT2D eigenvalue weighted by Gasteiger charge is -2.37. The van der Waals surface area contributed by atoms with Crippen molar-refractivity contribution >= 4 is 33.2 Å². The van der Waals surface area contributed by atoms with Crippen LogP contribution in [0.15, 0.2) is 46.9 Å². The molecule has 0 amide bonds. The molecule has 1 fully saturated rings. The van der Waals surface area contributed by atoms with Crippen molar-refractivity contribution in [2.75, 3.05) is 5.32 Å². The number of hydrogen-bond donors (Lipinski definition) is 1. The Morgan fingerprint density at radius 3 is 2.71 bits per heavy atom. The van der Waals surface area contributed by atoms with Crippen LogP contribution < -0.4 is 5.32 Å². The van der Waals surface area contributed by atoms with Gasteiger partial charge >= 0.3 is 0 Å². The third-order valence-corrected chi connectivity index (χ3v) is 4.74. The highest BCUT2D eigenvalue weighted by atomic mass is 79.9. The van der Waals surface area contributed by atoms with E-state index in [0.717, 1.165) is 23.0 Å². The molecule has 1 saturated carbocycles. The standard InChI is InChI=1S/C17H14BrClN2/c18-14-3-1-2-11(6-14)12-7-16(8-12)21-15-4-5-17(19)13(9-15)10-20/h1-6,9,12,16,21H,7-8H2. The minimum Gasteiger partial charge on any atom is -0.382 e. The second-order valence-corrected chi connectivity index (χ2v) is 6.69. The van der Waals surface area contributed by atoms with Gasteiger partial charge in [-0.05, 0) is 54.7 Å². The first-order chi connectivity index (χ1) is 10.2. The summed E-state index contributed by atoms with van der Waals surface area (Å²) < 4.78 is 1.13. The van der Waals surface area contributed by atoms with Gasteiger partial charge < -0.3 is 5.32 Å². The van der Waals surface area contributed by atoms with Crippen molar-refractivity contribution in [3.63, 3.8) is 0 Å². The fraction of sp³-hybridized carbons (Fsp3) is 0.235. The summed E-state index contributed by atoms with van der Waals surface area (Å²) in [5.74, 6) is 0.614. The number of nitriles is 1. The van der Waals surface area contributed by atoms with Gasteiger partial charge in [-0.3, -0.25) is 0 Å². The van der Waals surface area contributed by atoms with Gasteiger partial charge in [-0.25, -0.2) is 0 Å². The Bertz CT molecular complexity index is 702. The molecule has 0 unspecified atom stereocenters. The Kier molecular flexibility index (Phi) is 4.19. The second-order valence-electron chi connectivity index (χ2n) is 5.37. The Morgan fingerprint density at radius 1 is 1.19 bits per heavy atom. The van der Waals surface area contributed by atoms with Crippen LogP contribution in [0.25, 0.3) is 0 Å². The predicted molar refractivity (Wildman–Crippen MR) is 89.7 cm³/mol. The molecule has 1 aliphatic carbocycles. The van der Waals surface area contributed by atoms with Gasteiger partial charge in [-0.1, -0.05) is 39.7 Å². The van der Waals surface area contributed by atoms with Crippen molar-refractivity contribution < 1.29 is 0 Å². The Balaban J connectivity index is 1.61. The second kappa shape index (κ2) is 6.09. The van der Waals surface area contributed by atoms with E-state index in [4.69, 9.17) is 16.9 Å². The fourth-order valence-corrected chi connectivity index (χ4v) is 3.28. The molecule has 0 saturated heterocycles. The number of hydrogen-bond acceptors (Lipinski definition) is 2. The Labute approximate surface area is 137 Å². The van der Waals surface area contributed by atoms with Gasteiger partial charge in [0.25, 0.3) is 0 Å². The maximum absolute atomic E-state index is 9.00. The quantitative estimate of drug-likeness (QED) is 0.801. The highest BCUT2D eigenvalue weighted by Crippen LogP contribution is 2.39. The van der Waals surface area contributed by atoms with Crippen LogP contribution in [0.4, 0.5) is 5.69 Å². The molecular formula is C17H14BrClN2. The molecule has 0 spiro atoms. The number of rotatable bonds is 3. The van der Waals surface area contributed by atoms with E-state index in [2.05, 4.69) is 51.6 Å². The SMILES string of the molecule is N#Cc1cc(NC2CC(c3cccc(Br)c3)C2)ccc1Cl. The van der Waals surface area contributed by atoms with E-state index >= 15 is 0 Å². The summed E-state index contributed by atoms with van der Waals surface area (Å²) in [6.45, 7) is 0. The molecule has 3 rings (SSSR count). The third-order valence-electron chi connectivity index (χ3n) is 3.92. The predicted octanol–water partition coefficient (Wildman–Crippen LogP) is 5.33. The molecular weight excluding hydrogens is 348 g/mol. The van der Waals surface area contributed by atoms with Gasteiger partial charge in [0.15, 0.2) is 0 Å². The molecule has 0 aliphatic heterocycles. The molecule has 0 aromatic heterocycles. The van der Waals surface area contributed by atoms with Crippen LogP contribution >= 0.6 is 27.5 Å². The number of nitrogens with zero attached hydrogens (tertiary/aromatic N) is 1. The van der Waals surface area contributed by atoms with Crippen LogP contribution in [0.3, 0.4) is 0 Å². The van der Waals surface area contributed by atoms with E-state index in [0.29, 0.717) is 22.5 Å². The molecule has 2 aromatic rings. The zero-order chi connectivity index (χ0) is 14.8. The molecule has 0 bridgehead atoms. The van der Waals surface area contributed by atoms with Crippen molar-refractivity contribution in [2.45, 2.75) is 24.8 Å². The van der Waals surface area contributed by atoms with Crippen molar-refractivity contribution in [3.8, 4) is 6.07 Å². The number of anilines is 1. The summed E-state index contributed by atoms with van der Waals surface area (Å²) in [6, 6.07) is 16.6. The fourth-order valence-electron chi connectivity index (χ4n) is 2.70. The zero-order valence-electron chi connectivity index (χ0n) is 11.3. The third kappa shape index (κ3) is 3.23. The van der Waals surface area contributed by atoms with E-state index in [1.165, 1.54) is 5.56 Å². The van der Waals surface area contributed by atoms with Gasteiger partial charge in [0, 0.05) is 16.2 Å². The highest BCUT2D eigenvalue weighted by molar-refractivity contribution is 9.10. The highest BCUT2D eigenvalue weighted by Gasteiger charge is 2.30. The summed E-state index contributed by atoms with van der Waals surface area (Å²) in [5, 5.41) is 13.0.